The topological polar surface area (TPSA) is 117 Å². The van der Waals surface area contributed by atoms with Gasteiger partial charge in [-0.1, -0.05) is 132 Å². The van der Waals surface area contributed by atoms with Crippen molar-refractivity contribution in [3.05, 3.63) is 72.9 Å². The van der Waals surface area contributed by atoms with Crippen LogP contribution >= 0.6 is 7.82 Å². The van der Waals surface area contributed by atoms with Gasteiger partial charge in [-0.25, -0.2) is 4.57 Å². The highest BCUT2D eigenvalue weighted by molar-refractivity contribution is 7.47. The van der Waals surface area contributed by atoms with Crippen LogP contribution in [0.15, 0.2) is 72.9 Å². The second kappa shape index (κ2) is 38.2. The van der Waals surface area contributed by atoms with E-state index in [1.807, 2.05) is 0 Å². The van der Waals surface area contributed by atoms with Crippen LogP contribution in [-0.2, 0) is 27.9 Å². The number of carbonyl (C=O) groups excluding carboxylic acids is 1. The highest BCUT2D eigenvalue weighted by Gasteiger charge is 2.25. The minimum atomic E-state index is -4.29. The Morgan fingerprint density at radius 2 is 1.12 bits per heavy atom. The Bertz CT molecular complexity index is 989. The fraction of sp³-hybridized carbons (Fsp3) is 0.683. The van der Waals surface area contributed by atoms with Gasteiger partial charge in [-0.2, -0.15) is 0 Å². The Kier molecular flexibility index (Phi) is 36.6. The third kappa shape index (κ3) is 37.2. The van der Waals surface area contributed by atoms with Gasteiger partial charge in [-0.15, -0.1) is 0 Å². The van der Waals surface area contributed by atoms with Crippen molar-refractivity contribution in [3.63, 3.8) is 0 Å². The number of phosphoric acid groups is 1. The summed E-state index contributed by atoms with van der Waals surface area (Å²) in [5.74, 6) is -0.361. The molecule has 0 radical (unpaired) electrons. The molecule has 9 heteroatoms. The third-order valence-electron chi connectivity index (χ3n) is 7.61. The van der Waals surface area contributed by atoms with Crippen LogP contribution in [0.3, 0.4) is 0 Å². The fourth-order valence-corrected chi connectivity index (χ4v) is 5.56. The summed E-state index contributed by atoms with van der Waals surface area (Å²) in [6.45, 7) is 4.59. The van der Waals surface area contributed by atoms with Crippen molar-refractivity contribution < 1.29 is 32.8 Å². The van der Waals surface area contributed by atoms with Gasteiger partial charge < -0.3 is 20.1 Å². The molecule has 0 saturated heterocycles. The van der Waals surface area contributed by atoms with Gasteiger partial charge in [0.15, 0.2) is 0 Å². The zero-order valence-corrected chi connectivity index (χ0v) is 32.5. The number of ether oxygens (including phenoxy) is 2. The molecule has 0 aromatic carbocycles. The molecule has 3 N–H and O–H groups in total. The van der Waals surface area contributed by atoms with Crippen molar-refractivity contribution in [2.24, 2.45) is 5.73 Å². The lowest BCUT2D eigenvalue weighted by Crippen LogP contribution is -2.28. The average Bonchev–Trinajstić information content (AvgIpc) is 3.10. The molecule has 2 unspecified atom stereocenters. The van der Waals surface area contributed by atoms with Crippen molar-refractivity contribution in [1.82, 2.24) is 0 Å². The summed E-state index contributed by atoms with van der Waals surface area (Å²) in [4.78, 5) is 22.4. The van der Waals surface area contributed by atoms with Crippen LogP contribution in [-0.4, -0.2) is 49.9 Å². The van der Waals surface area contributed by atoms with Gasteiger partial charge in [0.05, 0.1) is 19.8 Å². The maximum atomic E-state index is 12.5. The summed E-state index contributed by atoms with van der Waals surface area (Å²) in [5.41, 5.74) is 5.35. The van der Waals surface area contributed by atoms with E-state index in [1.54, 1.807) is 0 Å². The molecule has 0 amide bonds. The third-order valence-corrected chi connectivity index (χ3v) is 8.59. The van der Waals surface area contributed by atoms with Crippen LogP contribution < -0.4 is 5.73 Å². The van der Waals surface area contributed by atoms with Crippen molar-refractivity contribution in [3.8, 4) is 0 Å². The second-order valence-electron chi connectivity index (χ2n) is 12.4. The van der Waals surface area contributed by atoms with Crippen molar-refractivity contribution in [1.29, 1.82) is 0 Å². The molecule has 0 fully saturated rings. The number of hydrogen-bond acceptors (Lipinski definition) is 7. The molecule has 0 aliphatic heterocycles. The van der Waals surface area contributed by atoms with Crippen molar-refractivity contribution in [2.45, 2.75) is 148 Å². The lowest BCUT2D eigenvalue weighted by molar-refractivity contribution is -0.154. The quantitative estimate of drug-likeness (QED) is 0.0284. The van der Waals surface area contributed by atoms with Crippen LogP contribution in [0.25, 0.3) is 0 Å². The van der Waals surface area contributed by atoms with Gasteiger partial charge in [0.25, 0.3) is 0 Å². The van der Waals surface area contributed by atoms with E-state index in [0.717, 1.165) is 70.6 Å². The Balaban J connectivity index is 4.19. The van der Waals surface area contributed by atoms with E-state index in [9.17, 15) is 14.3 Å². The zero-order chi connectivity index (χ0) is 36.6. The number of hydrogen-bond donors (Lipinski definition) is 2. The van der Waals surface area contributed by atoms with Crippen LogP contribution in [0.1, 0.15) is 142 Å². The Morgan fingerprint density at radius 1 is 0.620 bits per heavy atom. The SMILES string of the molecule is CC/C=C\C/C=C\C/C=C\C/C=C\CCCOCC(COP(=O)(O)OCCN)OC(=O)CCCCCCCCC/C=C\C/C=C\CCCCC. The van der Waals surface area contributed by atoms with E-state index in [-0.39, 0.29) is 32.3 Å². The molecule has 0 heterocycles. The average molecular weight is 722 g/mol. The minimum absolute atomic E-state index is 0.0712. The molecule has 50 heavy (non-hydrogen) atoms. The number of unbranched alkanes of at least 4 members (excludes halogenated alkanes) is 11. The zero-order valence-electron chi connectivity index (χ0n) is 31.6. The summed E-state index contributed by atoms with van der Waals surface area (Å²) in [6, 6.07) is 0. The smallest absolute Gasteiger partial charge is 0.457 e. The molecule has 2 atom stereocenters. The molecular formula is C41H72NO7P. The van der Waals surface area contributed by atoms with Crippen molar-refractivity contribution >= 4 is 13.8 Å². The minimum Gasteiger partial charge on any atom is -0.457 e. The molecule has 0 aliphatic rings. The number of nitrogens with two attached hydrogens (primary N) is 1. The largest absolute Gasteiger partial charge is 0.472 e. The maximum Gasteiger partial charge on any atom is 0.472 e. The number of allylic oxidation sites excluding steroid dienone is 12. The summed E-state index contributed by atoms with van der Waals surface area (Å²) >= 11 is 0. The first-order chi connectivity index (χ1) is 24.4. The number of carbonyl (C=O) groups is 1. The molecular weight excluding hydrogens is 649 g/mol. The second-order valence-corrected chi connectivity index (χ2v) is 13.9. The Labute approximate surface area is 305 Å². The number of phosphoric ester groups is 1. The predicted molar refractivity (Wildman–Crippen MR) is 210 cm³/mol. The van der Waals surface area contributed by atoms with E-state index in [1.165, 1.54) is 51.4 Å². The summed E-state index contributed by atoms with van der Waals surface area (Å²) < 4.78 is 33.2. The van der Waals surface area contributed by atoms with Gasteiger partial charge in [0.1, 0.15) is 6.10 Å². The van der Waals surface area contributed by atoms with Gasteiger partial charge in [-0.3, -0.25) is 13.8 Å². The molecule has 0 aromatic rings. The highest BCUT2D eigenvalue weighted by atomic mass is 31.2. The molecule has 0 aliphatic carbocycles. The maximum absolute atomic E-state index is 12.5. The van der Waals surface area contributed by atoms with E-state index < -0.39 is 13.9 Å². The van der Waals surface area contributed by atoms with E-state index in [0.29, 0.717) is 13.0 Å². The van der Waals surface area contributed by atoms with Crippen LogP contribution in [0, 0.1) is 0 Å². The molecule has 8 nitrogen and oxygen atoms in total. The highest BCUT2D eigenvalue weighted by Crippen LogP contribution is 2.43. The standard InChI is InChI=1S/C41H72NO7P/c1-3-5-7-9-11-13-15-17-19-20-21-22-24-26-28-30-32-34-41(43)49-40(39-48-50(44,45)47-37-35-42)38-46-36-33-31-29-27-25-23-18-16-14-12-10-8-6-4-2/h6,8,11-14,17-19,23,27,29,40H,3-5,7,9-10,15-16,20-22,24-26,28,30-39,42H2,1-2H3,(H,44,45)/b8-6-,13-11-,14-12-,19-17-,23-18-,29-27-. The van der Waals surface area contributed by atoms with E-state index >= 15 is 0 Å². The molecule has 288 valence electrons. The fourth-order valence-electron chi connectivity index (χ4n) is 4.79. The monoisotopic (exact) mass is 722 g/mol. The molecule has 0 saturated carbocycles. The molecule has 0 bridgehead atoms. The van der Waals surface area contributed by atoms with Crippen LogP contribution in [0.2, 0.25) is 0 Å². The van der Waals surface area contributed by atoms with E-state index in [2.05, 4.69) is 86.8 Å². The van der Waals surface area contributed by atoms with Gasteiger partial charge in [0.2, 0.25) is 0 Å². The molecule has 0 rings (SSSR count). The first-order valence-corrected chi connectivity index (χ1v) is 20.9. The van der Waals surface area contributed by atoms with Gasteiger partial charge in [-0.05, 0) is 77.0 Å². The van der Waals surface area contributed by atoms with E-state index in [4.69, 9.17) is 24.3 Å². The normalized spacial score (nSPS) is 14.4. The summed E-state index contributed by atoms with van der Waals surface area (Å²) in [6.07, 6.45) is 46.4. The summed E-state index contributed by atoms with van der Waals surface area (Å²) in [7, 11) is -4.29. The number of rotatable bonds is 36. The first kappa shape index (κ1) is 47.9. The molecule has 0 spiro atoms. The number of esters is 1. The van der Waals surface area contributed by atoms with Crippen LogP contribution in [0.5, 0.6) is 0 Å². The van der Waals surface area contributed by atoms with Gasteiger partial charge >= 0.3 is 13.8 Å². The van der Waals surface area contributed by atoms with Crippen molar-refractivity contribution in [2.75, 3.05) is 33.0 Å². The predicted octanol–water partition coefficient (Wildman–Crippen LogP) is 11.2. The first-order valence-electron chi connectivity index (χ1n) is 19.4. The lowest BCUT2D eigenvalue weighted by Gasteiger charge is -2.20. The van der Waals surface area contributed by atoms with Crippen LogP contribution in [0.4, 0.5) is 0 Å². The lowest BCUT2D eigenvalue weighted by atomic mass is 10.1. The summed E-state index contributed by atoms with van der Waals surface area (Å²) in [5, 5.41) is 0. The Hall–Kier alpha value is -2.06. The Morgan fingerprint density at radius 3 is 1.68 bits per heavy atom. The van der Waals surface area contributed by atoms with Gasteiger partial charge in [0, 0.05) is 19.6 Å². The molecule has 0 aromatic heterocycles.